The molecule has 6 nitrogen and oxygen atoms in total. The molecule has 31 heavy (non-hydrogen) atoms. The van der Waals surface area contributed by atoms with Crippen LogP contribution in [0.15, 0.2) is 99.0 Å². The van der Waals surface area contributed by atoms with Crippen molar-refractivity contribution in [3.8, 4) is 5.75 Å². The van der Waals surface area contributed by atoms with Crippen LogP contribution in [0.5, 0.6) is 5.75 Å². The number of anilines is 2. The molecular weight excluding hydrogens is 478 g/mol. The Hall–Kier alpha value is -3.10. The number of nitrogens with zero attached hydrogens (tertiary/aromatic N) is 3. The highest BCUT2D eigenvalue weighted by molar-refractivity contribution is 9.10. The molecule has 0 unspecified atom stereocenters. The van der Waals surface area contributed by atoms with Crippen LogP contribution in [-0.4, -0.2) is 21.9 Å². The van der Waals surface area contributed by atoms with Crippen LogP contribution in [-0.2, 0) is 11.4 Å². The van der Waals surface area contributed by atoms with E-state index in [1.54, 1.807) is 4.90 Å². The molecule has 0 atom stereocenters. The highest BCUT2D eigenvalue weighted by Gasteiger charge is 2.19. The molecule has 0 aliphatic heterocycles. The van der Waals surface area contributed by atoms with Crippen LogP contribution < -0.4 is 9.64 Å². The van der Waals surface area contributed by atoms with Gasteiger partial charge in [-0.3, -0.25) is 9.69 Å². The molecule has 1 aromatic heterocycles. The van der Waals surface area contributed by atoms with Gasteiger partial charge in [0.15, 0.2) is 6.61 Å². The molecule has 1 amide bonds. The maximum Gasteiger partial charge on any atom is 0.277 e. The number of ether oxygens (including phenoxy) is 1. The molecule has 0 aliphatic carbocycles. The van der Waals surface area contributed by atoms with E-state index in [9.17, 15) is 4.79 Å². The number of thioether (sulfide) groups is 1. The fourth-order valence-electron chi connectivity index (χ4n) is 2.81. The molecule has 8 heteroatoms. The van der Waals surface area contributed by atoms with Crippen molar-refractivity contribution in [2.75, 3.05) is 10.7 Å². The van der Waals surface area contributed by atoms with Gasteiger partial charge in [0.25, 0.3) is 11.1 Å². The number of amides is 1. The number of carbonyl (C=O) groups is 1. The Morgan fingerprint density at radius 2 is 1.52 bits per heavy atom. The summed E-state index contributed by atoms with van der Waals surface area (Å²) < 4.78 is 12.2. The molecule has 4 aromatic rings. The number of aromatic nitrogens is 2. The summed E-state index contributed by atoms with van der Waals surface area (Å²) in [5, 5.41) is 8.32. The normalized spacial score (nSPS) is 10.6. The van der Waals surface area contributed by atoms with Gasteiger partial charge in [-0.15, -0.1) is 10.2 Å². The minimum Gasteiger partial charge on any atom is -0.484 e. The molecule has 4 rings (SSSR count). The number of hydrogen-bond donors (Lipinski definition) is 0. The average Bonchev–Trinajstić information content (AvgIpc) is 3.27. The zero-order valence-corrected chi connectivity index (χ0v) is 18.8. The summed E-state index contributed by atoms with van der Waals surface area (Å²) >= 11 is 4.58. The van der Waals surface area contributed by atoms with E-state index in [0.717, 1.165) is 15.8 Å². The summed E-state index contributed by atoms with van der Waals surface area (Å²) in [6.45, 7) is 0.156. The highest BCUT2D eigenvalue weighted by Crippen LogP contribution is 2.27. The van der Waals surface area contributed by atoms with Crippen LogP contribution in [0.4, 0.5) is 11.4 Å². The second-order valence-electron chi connectivity index (χ2n) is 6.39. The van der Waals surface area contributed by atoms with Gasteiger partial charge in [0, 0.05) is 15.8 Å². The minimum absolute atomic E-state index is 0.0896. The van der Waals surface area contributed by atoms with Gasteiger partial charge in [-0.05, 0) is 48.5 Å². The van der Waals surface area contributed by atoms with Crippen molar-refractivity contribution in [3.63, 3.8) is 0 Å². The fraction of sp³-hybridized carbons (Fsp3) is 0.0870. The summed E-state index contributed by atoms with van der Waals surface area (Å²) in [5.74, 6) is 1.11. The minimum atomic E-state index is -0.0896. The molecule has 0 aliphatic rings. The van der Waals surface area contributed by atoms with Crippen molar-refractivity contribution >= 4 is 45.0 Å². The Balaban J connectivity index is 1.38. The first-order valence-corrected chi connectivity index (χ1v) is 11.2. The molecule has 0 radical (unpaired) electrons. The van der Waals surface area contributed by atoms with Crippen molar-refractivity contribution in [1.82, 2.24) is 10.2 Å². The quantitative estimate of drug-likeness (QED) is 0.285. The van der Waals surface area contributed by atoms with Crippen LogP contribution in [0.25, 0.3) is 0 Å². The van der Waals surface area contributed by atoms with E-state index in [1.807, 2.05) is 84.9 Å². The number of carbonyl (C=O) groups excluding carboxylic acids is 1. The van der Waals surface area contributed by atoms with Crippen LogP contribution in [0.1, 0.15) is 5.89 Å². The van der Waals surface area contributed by atoms with Crippen molar-refractivity contribution in [2.24, 2.45) is 0 Å². The summed E-state index contributed by atoms with van der Waals surface area (Å²) in [6.07, 6.45) is 0. The fourth-order valence-corrected chi connectivity index (χ4v) is 3.70. The lowest BCUT2D eigenvalue weighted by Gasteiger charge is -2.22. The second-order valence-corrected chi connectivity index (χ2v) is 8.24. The second kappa shape index (κ2) is 10.3. The molecule has 0 fully saturated rings. The average molecular weight is 496 g/mol. The predicted octanol–water partition coefficient (Wildman–Crippen LogP) is 5.87. The molecule has 0 spiro atoms. The van der Waals surface area contributed by atoms with Crippen LogP contribution in [0.2, 0.25) is 0 Å². The summed E-state index contributed by atoms with van der Waals surface area (Å²) in [4.78, 5) is 14.7. The molecular formula is C23H18BrN3O3S. The van der Waals surface area contributed by atoms with Gasteiger partial charge in [-0.1, -0.05) is 64.1 Å². The summed E-state index contributed by atoms with van der Waals surface area (Å²) in [7, 11) is 0. The van der Waals surface area contributed by atoms with Gasteiger partial charge in [-0.25, -0.2) is 0 Å². The molecule has 0 bridgehead atoms. The molecule has 0 saturated carbocycles. The molecule has 156 valence electrons. The van der Waals surface area contributed by atoms with Crippen LogP contribution in [0.3, 0.4) is 0 Å². The third-order valence-corrected chi connectivity index (χ3v) is 5.55. The largest absolute Gasteiger partial charge is 0.484 e. The van der Waals surface area contributed by atoms with E-state index >= 15 is 0 Å². The number of halogens is 1. The van der Waals surface area contributed by atoms with Gasteiger partial charge in [-0.2, -0.15) is 0 Å². The maximum atomic E-state index is 13.0. The Morgan fingerprint density at radius 1 is 0.903 bits per heavy atom. The smallest absolute Gasteiger partial charge is 0.277 e. The Kier molecular flexibility index (Phi) is 7.01. The van der Waals surface area contributed by atoms with E-state index in [2.05, 4.69) is 26.1 Å². The number of para-hydroxylation sites is 2. The first-order chi connectivity index (χ1) is 15.2. The number of benzene rings is 3. The van der Waals surface area contributed by atoms with Gasteiger partial charge < -0.3 is 9.15 Å². The Labute approximate surface area is 192 Å². The molecule has 3 aromatic carbocycles. The van der Waals surface area contributed by atoms with Gasteiger partial charge in [0.2, 0.25) is 5.91 Å². The van der Waals surface area contributed by atoms with Crippen molar-refractivity contribution in [2.45, 2.75) is 11.8 Å². The lowest BCUT2D eigenvalue weighted by molar-refractivity contribution is -0.115. The van der Waals surface area contributed by atoms with Gasteiger partial charge in [0.05, 0.1) is 5.75 Å². The van der Waals surface area contributed by atoms with Crippen LogP contribution >= 0.6 is 27.7 Å². The molecule has 1 heterocycles. The first kappa shape index (κ1) is 21.1. The monoisotopic (exact) mass is 495 g/mol. The van der Waals surface area contributed by atoms with E-state index in [0.29, 0.717) is 16.9 Å². The van der Waals surface area contributed by atoms with Gasteiger partial charge in [0.1, 0.15) is 5.75 Å². The van der Waals surface area contributed by atoms with Gasteiger partial charge >= 0.3 is 0 Å². The topological polar surface area (TPSA) is 68.5 Å². The molecule has 0 saturated heterocycles. The van der Waals surface area contributed by atoms with Crippen molar-refractivity contribution in [3.05, 3.63) is 95.3 Å². The highest BCUT2D eigenvalue weighted by atomic mass is 79.9. The van der Waals surface area contributed by atoms with E-state index < -0.39 is 0 Å². The lowest BCUT2D eigenvalue weighted by atomic mass is 10.2. The third-order valence-electron chi connectivity index (χ3n) is 4.22. The van der Waals surface area contributed by atoms with Crippen molar-refractivity contribution < 1.29 is 13.9 Å². The van der Waals surface area contributed by atoms with E-state index in [4.69, 9.17) is 9.15 Å². The molecule has 0 N–H and O–H groups in total. The predicted molar refractivity (Wildman–Crippen MR) is 124 cm³/mol. The third kappa shape index (κ3) is 5.74. The lowest BCUT2D eigenvalue weighted by Crippen LogP contribution is -2.27. The van der Waals surface area contributed by atoms with E-state index in [1.165, 1.54) is 11.8 Å². The number of hydrogen-bond acceptors (Lipinski definition) is 6. The van der Waals surface area contributed by atoms with Crippen molar-refractivity contribution in [1.29, 1.82) is 0 Å². The van der Waals surface area contributed by atoms with Crippen LogP contribution in [0, 0.1) is 0 Å². The Morgan fingerprint density at radius 3 is 2.13 bits per heavy atom. The standard InChI is InChI=1S/C23H18BrN3O3S/c24-17-11-13-20(14-12-17)29-15-21-25-26-23(30-21)31-16-22(28)27(18-7-3-1-4-8-18)19-9-5-2-6-10-19/h1-14H,15-16H2. The zero-order chi connectivity index (χ0) is 21.5. The zero-order valence-electron chi connectivity index (χ0n) is 16.3. The van der Waals surface area contributed by atoms with E-state index in [-0.39, 0.29) is 18.3 Å². The SMILES string of the molecule is O=C(CSc1nnc(COc2ccc(Br)cc2)o1)N(c1ccccc1)c1ccccc1. The summed E-state index contributed by atoms with van der Waals surface area (Å²) in [5.41, 5.74) is 1.60. The maximum absolute atomic E-state index is 13.0. The number of rotatable bonds is 8. The summed E-state index contributed by atoms with van der Waals surface area (Å²) in [6, 6.07) is 26.5. The Bertz CT molecular complexity index is 1080. The first-order valence-electron chi connectivity index (χ1n) is 9.45.